The normalized spacial score (nSPS) is 21.8. The van der Waals surface area contributed by atoms with Crippen molar-refractivity contribution in [3.63, 3.8) is 0 Å². The van der Waals surface area contributed by atoms with Gasteiger partial charge in [-0.3, -0.25) is 4.90 Å². The Kier molecular flexibility index (Phi) is 4.20. The van der Waals surface area contributed by atoms with Crippen molar-refractivity contribution in [3.8, 4) is 0 Å². The first-order valence-electron chi connectivity index (χ1n) is 10.2. The fourth-order valence-electron chi connectivity index (χ4n) is 4.13. The summed E-state index contributed by atoms with van der Waals surface area (Å²) >= 11 is 0. The molecule has 0 radical (unpaired) electrons. The molecule has 5 rings (SSSR count). The van der Waals surface area contributed by atoms with E-state index in [2.05, 4.69) is 40.0 Å². The molecule has 0 amide bonds. The molecule has 138 valence electrons. The van der Waals surface area contributed by atoms with Crippen LogP contribution in [-0.4, -0.2) is 34.5 Å². The number of fused-ring (bicyclic) bond motifs is 1. The largest absolute Gasteiger partial charge is 0.444 e. The van der Waals surface area contributed by atoms with Gasteiger partial charge in [-0.1, -0.05) is 6.92 Å². The minimum absolute atomic E-state index is 0.637. The maximum atomic E-state index is 6.16. The molecule has 2 aliphatic heterocycles. The van der Waals surface area contributed by atoms with Crippen LogP contribution in [0.1, 0.15) is 61.4 Å². The fraction of sp³-hybridized carbons (Fsp3) is 0.619. The fourth-order valence-corrected chi connectivity index (χ4v) is 4.13. The highest BCUT2D eigenvalue weighted by atomic mass is 16.4. The Bertz CT molecular complexity index is 774. The van der Waals surface area contributed by atoms with Gasteiger partial charge in [0.2, 0.25) is 0 Å². The van der Waals surface area contributed by atoms with Crippen molar-refractivity contribution in [2.75, 3.05) is 24.5 Å². The molecule has 2 aromatic rings. The van der Waals surface area contributed by atoms with Crippen LogP contribution in [0.3, 0.4) is 0 Å². The molecule has 0 N–H and O–H groups in total. The van der Waals surface area contributed by atoms with Gasteiger partial charge in [0, 0.05) is 62.0 Å². The Morgan fingerprint density at radius 3 is 2.77 bits per heavy atom. The number of piperidine rings is 1. The predicted octanol–water partition coefficient (Wildman–Crippen LogP) is 3.74. The smallest absolute Gasteiger partial charge is 0.195 e. The number of hydrogen-bond donors (Lipinski definition) is 0. The van der Waals surface area contributed by atoms with Crippen molar-refractivity contribution in [1.82, 2.24) is 14.9 Å². The van der Waals surface area contributed by atoms with Crippen LogP contribution in [0.15, 0.2) is 22.7 Å². The van der Waals surface area contributed by atoms with E-state index in [9.17, 15) is 0 Å². The molecule has 3 aliphatic rings. The van der Waals surface area contributed by atoms with Crippen LogP contribution in [-0.2, 0) is 19.5 Å². The third-order valence-electron chi connectivity index (χ3n) is 6.10. The summed E-state index contributed by atoms with van der Waals surface area (Å²) in [6.07, 6.45) is 8.15. The molecule has 0 unspecified atom stereocenters. The number of furan rings is 1. The van der Waals surface area contributed by atoms with E-state index in [1.165, 1.54) is 36.9 Å². The molecule has 1 saturated carbocycles. The standard InChI is InChI=1S/C21H28N4O/c1-15-6-10-25(11-7-15)20-5-4-18(26-20)14-24-9-8-19-17(13-24)12-22-21(23-19)16-2-3-16/h4-5,12,15-16H,2-3,6-11,13-14H2,1H3. The number of rotatable bonds is 4. The molecule has 26 heavy (non-hydrogen) atoms. The highest BCUT2D eigenvalue weighted by Crippen LogP contribution is 2.38. The molecule has 1 saturated heterocycles. The lowest BCUT2D eigenvalue weighted by Crippen LogP contribution is -2.32. The van der Waals surface area contributed by atoms with Crippen molar-refractivity contribution in [3.05, 3.63) is 41.2 Å². The first kappa shape index (κ1) is 16.3. The molecule has 5 heteroatoms. The van der Waals surface area contributed by atoms with E-state index in [1.54, 1.807) is 0 Å². The summed E-state index contributed by atoms with van der Waals surface area (Å²) in [5.41, 5.74) is 2.55. The summed E-state index contributed by atoms with van der Waals surface area (Å²) in [4.78, 5) is 14.3. The van der Waals surface area contributed by atoms with E-state index in [1.807, 2.05) is 0 Å². The Hall–Kier alpha value is -1.88. The third-order valence-corrected chi connectivity index (χ3v) is 6.10. The van der Waals surface area contributed by atoms with Gasteiger partial charge in [-0.2, -0.15) is 0 Å². The third kappa shape index (κ3) is 3.37. The molecule has 4 heterocycles. The van der Waals surface area contributed by atoms with Gasteiger partial charge in [0.25, 0.3) is 0 Å². The van der Waals surface area contributed by atoms with E-state index >= 15 is 0 Å². The summed E-state index contributed by atoms with van der Waals surface area (Å²) in [6.45, 7) is 7.42. The molecule has 2 fully saturated rings. The Morgan fingerprint density at radius 1 is 1.12 bits per heavy atom. The van der Waals surface area contributed by atoms with Crippen LogP contribution in [0.4, 0.5) is 5.88 Å². The van der Waals surface area contributed by atoms with Gasteiger partial charge >= 0.3 is 0 Å². The molecule has 5 nitrogen and oxygen atoms in total. The summed E-state index contributed by atoms with van der Waals surface area (Å²) < 4.78 is 6.16. The number of nitrogens with zero attached hydrogens (tertiary/aromatic N) is 4. The van der Waals surface area contributed by atoms with Crippen molar-refractivity contribution >= 4 is 5.88 Å². The summed E-state index contributed by atoms with van der Waals surface area (Å²) in [6, 6.07) is 4.30. The first-order valence-corrected chi connectivity index (χ1v) is 10.2. The van der Waals surface area contributed by atoms with E-state index < -0.39 is 0 Å². The van der Waals surface area contributed by atoms with Crippen LogP contribution < -0.4 is 4.90 Å². The minimum Gasteiger partial charge on any atom is -0.444 e. The van der Waals surface area contributed by atoms with Gasteiger partial charge in [0.15, 0.2) is 5.88 Å². The zero-order chi connectivity index (χ0) is 17.5. The van der Waals surface area contributed by atoms with E-state index in [-0.39, 0.29) is 0 Å². The Balaban J connectivity index is 1.22. The molecule has 1 aliphatic carbocycles. The maximum Gasteiger partial charge on any atom is 0.195 e. The Labute approximate surface area is 155 Å². The van der Waals surface area contributed by atoms with Gasteiger partial charge in [0.05, 0.1) is 6.54 Å². The molecule has 0 bridgehead atoms. The zero-order valence-electron chi connectivity index (χ0n) is 15.7. The van der Waals surface area contributed by atoms with Crippen molar-refractivity contribution in [2.45, 2.75) is 58.0 Å². The predicted molar refractivity (Wildman–Crippen MR) is 101 cm³/mol. The molecule has 0 spiro atoms. The van der Waals surface area contributed by atoms with Gasteiger partial charge in [-0.15, -0.1) is 0 Å². The topological polar surface area (TPSA) is 45.4 Å². The summed E-state index contributed by atoms with van der Waals surface area (Å²) in [7, 11) is 0. The summed E-state index contributed by atoms with van der Waals surface area (Å²) in [5, 5.41) is 0. The van der Waals surface area contributed by atoms with Crippen LogP contribution >= 0.6 is 0 Å². The van der Waals surface area contributed by atoms with Crippen molar-refractivity contribution < 1.29 is 4.42 Å². The zero-order valence-corrected chi connectivity index (χ0v) is 15.7. The highest BCUT2D eigenvalue weighted by molar-refractivity contribution is 5.37. The number of hydrogen-bond acceptors (Lipinski definition) is 5. The molecular formula is C21H28N4O. The van der Waals surface area contributed by atoms with E-state index in [4.69, 9.17) is 9.40 Å². The van der Waals surface area contributed by atoms with Crippen LogP contribution in [0.5, 0.6) is 0 Å². The first-order chi connectivity index (χ1) is 12.7. The SMILES string of the molecule is CC1CCN(c2ccc(CN3CCc4nc(C5CC5)ncc4C3)o2)CC1. The molecule has 2 aromatic heterocycles. The van der Waals surface area contributed by atoms with Crippen LogP contribution in [0.2, 0.25) is 0 Å². The maximum absolute atomic E-state index is 6.16. The average Bonchev–Trinajstić information content (AvgIpc) is 3.41. The highest BCUT2D eigenvalue weighted by Gasteiger charge is 2.28. The van der Waals surface area contributed by atoms with E-state index in [0.717, 1.165) is 62.5 Å². The number of anilines is 1. The van der Waals surface area contributed by atoms with Crippen molar-refractivity contribution in [2.24, 2.45) is 5.92 Å². The quantitative estimate of drug-likeness (QED) is 0.839. The average molecular weight is 352 g/mol. The van der Waals surface area contributed by atoms with Crippen LogP contribution in [0, 0.1) is 5.92 Å². The van der Waals surface area contributed by atoms with Gasteiger partial charge in [-0.05, 0) is 37.7 Å². The van der Waals surface area contributed by atoms with Gasteiger partial charge in [-0.25, -0.2) is 9.97 Å². The monoisotopic (exact) mass is 352 g/mol. The lowest BCUT2D eigenvalue weighted by Gasteiger charge is -2.30. The Morgan fingerprint density at radius 2 is 1.96 bits per heavy atom. The van der Waals surface area contributed by atoms with Gasteiger partial charge in [0.1, 0.15) is 11.6 Å². The number of aromatic nitrogens is 2. The lowest BCUT2D eigenvalue weighted by molar-refractivity contribution is 0.223. The van der Waals surface area contributed by atoms with E-state index in [0.29, 0.717) is 5.92 Å². The molecule has 0 atom stereocenters. The second kappa shape index (κ2) is 6.69. The molecular weight excluding hydrogens is 324 g/mol. The summed E-state index contributed by atoms with van der Waals surface area (Å²) in [5.74, 6) is 4.66. The molecule has 0 aromatic carbocycles. The van der Waals surface area contributed by atoms with Crippen molar-refractivity contribution in [1.29, 1.82) is 0 Å². The second-order valence-corrected chi connectivity index (χ2v) is 8.34. The van der Waals surface area contributed by atoms with Crippen LogP contribution in [0.25, 0.3) is 0 Å². The minimum atomic E-state index is 0.637. The van der Waals surface area contributed by atoms with Gasteiger partial charge < -0.3 is 9.32 Å². The lowest BCUT2D eigenvalue weighted by atomic mass is 9.99. The second-order valence-electron chi connectivity index (χ2n) is 8.34.